The second-order valence-electron chi connectivity index (χ2n) is 11.3. The van der Waals surface area contributed by atoms with E-state index in [0.717, 1.165) is 0 Å². The van der Waals surface area contributed by atoms with Gasteiger partial charge in [0.05, 0.1) is 11.4 Å². The number of para-hydroxylation sites is 1. The summed E-state index contributed by atoms with van der Waals surface area (Å²) in [6, 6.07) is 13.0. The first kappa shape index (κ1) is 30.5. The highest BCUT2D eigenvalue weighted by molar-refractivity contribution is 6.04. The molecule has 1 aromatic heterocycles. The SMILES string of the molecule is C=C1CCC(N2Cc3c(NC(=O)COCC(=O)N4CCN(c5cc(-c6ccccc6O)nnc5N)CC4)cccc3C2=O)C(=O)N1. The van der Waals surface area contributed by atoms with E-state index in [1.807, 2.05) is 4.90 Å². The van der Waals surface area contributed by atoms with E-state index in [1.165, 1.54) is 4.90 Å². The van der Waals surface area contributed by atoms with E-state index >= 15 is 0 Å². The first-order valence-electron chi connectivity index (χ1n) is 14.9. The van der Waals surface area contributed by atoms with Crippen LogP contribution in [0.5, 0.6) is 5.75 Å². The Labute approximate surface area is 264 Å². The normalized spacial score (nSPS) is 18.0. The van der Waals surface area contributed by atoms with Crippen LogP contribution in [0, 0.1) is 0 Å². The van der Waals surface area contributed by atoms with Gasteiger partial charge in [0.25, 0.3) is 5.91 Å². The maximum absolute atomic E-state index is 13.1. The minimum absolute atomic E-state index is 0.0864. The van der Waals surface area contributed by atoms with Gasteiger partial charge in [0.1, 0.15) is 25.0 Å². The number of rotatable bonds is 8. The molecule has 1 atom stereocenters. The van der Waals surface area contributed by atoms with Gasteiger partial charge in [0.2, 0.25) is 17.7 Å². The van der Waals surface area contributed by atoms with E-state index in [4.69, 9.17) is 10.5 Å². The van der Waals surface area contributed by atoms with Gasteiger partial charge in [-0.05, 0) is 43.2 Å². The summed E-state index contributed by atoms with van der Waals surface area (Å²) in [6.45, 7) is 5.17. The Morgan fingerprint density at radius 3 is 2.57 bits per heavy atom. The van der Waals surface area contributed by atoms with Crippen LogP contribution in [0.3, 0.4) is 0 Å². The number of carbonyl (C=O) groups is 4. The highest BCUT2D eigenvalue weighted by atomic mass is 16.5. The average molecular weight is 627 g/mol. The third kappa shape index (κ3) is 6.19. The molecule has 14 heteroatoms. The van der Waals surface area contributed by atoms with E-state index in [1.54, 1.807) is 53.4 Å². The van der Waals surface area contributed by atoms with Gasteiger partial charge < -0.3 is 40.9 Å². The number of nitrogens with two attached hydrogens (primary N) is 1. The third-order valence-electron chi connectivity index (χ3n) is 8.38. The number of aromatic hydroxyl groups is 1. The van der Waals surface area contributed by atoms with Crippen LogP contribution < -0.4 is 21.3 Å². The molecular weight excluding hydrogens is 592 g/mol. The number of allylic oxidation sites excluding steroid dienone is 1. The predicted octanol–water partition coefficient (Wildman–Crippen LogP) is 1.48. The van der Waals surface area contributed by atoms with Crippen molar-refractivity contribution in [2.45, 2.75) is 25.4 Å². The molecule has 0 radical (unpaired) electrons. The van der Waals surface area contributed by atoms with Gasteiger partial charge in [-0.15, -0.1) is 10.2 Å². The molecule has 4 heterocycles. The third-order valence-corrected chi connectivity index (χ3v) is 8.38. The fourth-order valence-electron chi connectivity index (χ4n) is 5.95. The predicted molar refractivity (Wildman–Crippen MR) is 168 cm³/mol. The molecule has 2 saturated heterocycles. The van der Waals surface area contributed by atoms with Gasteiger partial charge in [-0.2, -0.15) is 0 Å². The molecule has 6 rings (SSSR count). The number of phenolic OH excluding ortho intramolecular Hbond substituents is 1. The van der Waals surface area contributed by atoms with Gasteiger partial charge in [-0.25, -0.2) is 0 Å². The average Bonchev–Trinajstić information content (AvgIpc) is 3.38. The van der Waals surface area contributed by atoms with Crippen molar-refractivity contribution in [1.29, 1.82) is 0 Å². The molecular formula is C32H34N8O6. The Morgan fingerprint density at radius 2 is 1.80 bits per heavy atom. The number of piperazine rings is 1. The molecule has 0 aliphatic carbocycles. The Balaban J connectivity index is 0.986. The van der Waals surface area contributed by atoms with Crippen LogP contribution in [0.1, 0.15) is 28.8 Å². The number of phenols is 1. The van der Waals surface area contributed by atoms with Crippen molar-refractivity contribution in [2.24, 2.45) is 0 Å². The lowest BCUT2D eigenvalue weighted by atomic mass is 10.0. The van der Waals surface area contributed by atoms with Crippen LogP contribution in [0.2, 0.25) is 0 Å². The summed E-state index contributed by atoms with van der Waals surface area (Å²) < 4.78 is 5.45. The molecule has 4 amide bonds. The molecule has 0 bridgehead atoms. The minimum Gasteiger partial charge on any atom is -0.507 e. The molecule has 3 aromatic rings. The Bertz CT molecular complexity index is 1720. The summed E-state index contributed by atoms with van der Waals surface area (Å²) in [7, 11) is 0. The zero-order valence-electron chi connectivity index (χ0n) is 25.1. The molecule has 1 unspecified atom stereocenters. The van der Waals surface area contributed by atoms with Crippen molar-refractivity contribution < 1.29 is 29.0 Å². The first-order chi connectivity index (χ1) is 22.2. The number of amides is 4. The highest BCUT2D eigenvalue weighted by Gasteiger charge is 2.39. The minimum atomic E-state index is -0.606. The number of hydrogen-bond donors (Lipinski definition) is 4. The lowest BCUT2D eigenvalue weighted by Crippen LogP contribution is -2.50. The van der Waals surface area contributed by atoms with E-state index in [2.05, 4.69) is 27.4 Å². The summed E-state index contributed by atoms with van der Waals surface area (Å²) in [5, 5.41) is 23.9. The van der Waals surface area contributed by atoms with Gasteiger partial charge in [-0.3, -0.25) is 19.2 Å². The monoisotopic (exact) mass is 626 g/mol. The fraction of sp³-hybridized carbons (Fsp3) is 0.312. The maximum atomic E-state index is 13.1. The number of aromatic nitrogens is 2. The van der Waals surface area contributed by atoms with Crippen molar-refractivity contribution >= 4 is 40.8 Å². The molecule has 2 fully saturated rings. The highest BCUT2D eigenvalue weighted by Crippen LogP contribution is 2.33. The first-order valence-corrected chi connectivity index (χ1v) is 14.9. The second-order valence-corrected chi connectivity index (χ2v) is 11.3. The summed E-state index contributed by atoms with van der Waals surface area (Å²) in [5.74, 6) is -0.912. The van der Waals surface area contributed by atoms with Gasteiger partial charge in [0, 0.05) is 60.8 Å². The topological polar surface area (TPSA) is 183 Å². The molecule has 5 N–H and O–H groups in total. The summed E-state index contributed by atoms with van der Waals surface area (Å²) in [5.41, 5.74) is 9.96. The van der Waals surface area contributed by atoms with Crippen LogP contribution >= 0.6 is 0 Å². The Hall–Kier alpha value is -5.50. The summed E-state index contributed by atoms with van der Waals surface area (Å²) in [4.78, 5) is 56.3. The number of benzene rings is 2. The lowest BCUT2D eigenvalue weighted by Gasteiger charge is -2.36. The molecule has 2 aromatic carbocycles. The zero-order chi connectivity index (χ0) is 32.4. The number of fused-ring (bicyclic) bond motifs is 1. The number of nitrogen functional groups attached to an aromatic ring is 1. The molecule has 3 aliphatic heterocycles. The number of hydrogen-bond acceptors (Lipinski definition) is 10. The van der Waals surface area contributed by atoms with E-state index in [0.29, 0.717) is 78.5 Å². The van der Waals surface area contributed by atoms with E-state index < -0.39 is 11.9 Å². The van der Waals surface area contributed by atoms with Gasteiger partial charge >= 0.3 is 0 Å². The zero-order valence-corrected chi connectivity index (χ0v) is 25.1. The molecule has 238 valence electrons. The van der Waals surface area contributed by atoms with Crippen molar-refractivity contribution in [3.8, 4) is 17.0 Å². The van der Waals surface area contributed by atoms with Crippen LogP contribution in [0.15, 0.2) is 60.8 Å². The smallest absolute Gasteiger partial charge is 0.255 e. The van der Waals surface area contributed by atoms with Crippen molar-refractivity contribution in [3.63, 3.8) is 0 Å². The molecule has 46 heavy (non-hydrogen) atoms. The quantitative estimate of drug-likeness (QED) is 0.286. The number of piperidine rings is 1. The van der Waals surface area contributed by atoms with Crippen LogP contribution in [0.4, 0.5) is 17.2 Å². The van der Waals surface area contributed by atoms with E-state index in [9.17, 15) is 24.3 Å². The van der Waals surface area contributed by atoms with E-state index in [-0.39, 0.29) is 49.0 Å². The fourth-order valence-corrected chi connectivity index (χ4v) is 5.95. The largest absolute Gasteiger partial charge is 0.507 e. The number of carbonyl (C=O) groups excluding carboxylic acids is 4. The summed E-state index contributed by atoms with van der Waals surface area (Å²) in [6.07, 6.45) is 1.07. The Kier molecular flexibility index (Phi) is 8.53. The van der Waals surface area contributed by atoms with Crippen molar-refractivity contribution in [2.75, 3.05) is 55.3 Å². The second kappa shape index (κ2) is 12.9. The molecule has 14 nitrogen and oxygen atoms in total. The van der Waals surface area contributed by atoms with Crippen LogP contribution in [-0.4, -0.2) is 94.2 Å². The number of anilines is 3. The number of ether oxygens (including phenoxy) is 1. The lowest BCUT2D eigenvalue weighted by molar-refractivity contribution is -0.137. The van der Waals surface area contributed by atoms with Crippen LogP contribution in [0.25, 0.3) is 11.3 Å². The maximum Gasteiger partial charge on any atom is 0.255 e. The standard InChI is InChI=1S/C32H34N8O6/c1-19-9-10-25(31(44)34-19)40-16-22-20(32(40)45)6-4-7-23(22)35-28(42)17-46-18-29(43)39-13-11-38(12-14-39)26-15-24(36-37-30(26)33)21-5-2-3-8-27(21)41/h2-8,15,25,41H,1,9-14,16-18H2,(H2,33,37)(H,34,44)(H,35,42). The van der Waals surface area contributed by atoms with Crippen molar-refractivity contribution in [1.82, 2.24) is 25.3 Å². The number of nitrogens with one attached hydrogen (secondary N) is 2. The number of nitrogens with zero attached hydrogens (tertiary/aromatic N) is 5. The summed E-state index contributed by atoms with van der Waals surface area (Å²) >= 11 is 0. The van der Waals surface area contributed by atoms with Crippen LogP contribution in [-0.2, 0) is 25.7 Å². The molecule has 3 aliphatic rings. The van der Waals surface area contributed by atoms with Crippen molar-refractivity contribution in [3.05, 3.63) is 71.9 Å². The van der Waals surface area contributed by atoms with Gasteiger partial charge in [0.15, 0.2) is 5.82 Å². The Morgan fingerprint density at radius 1 is 1.04 bits per heavy atom. The molecule has 0 spiro atoms. The molecule has 0 saturated carbocycles. The van der Waals surface area contributed by atoms with Gasteiger partial charge in [-0.1, -0.05) is 24.8 Å².